The van der Waals surface area contributed by atoms with Crippen molar-refractivity contribution in [3.05, 3.63) is 35.9 Å². The number of nitrogens with one attached hydrogen (secondary N) is 1. The van der Waals surface area contributed by atoms with Crippen molar-refractivity contribution < 1.29 is 9.59 Å². The van der Waals surface area contributed by atoms with Gasteiger partial charge in [0, 0.05) is 19.0 Å². The van der Waals surface area contributed by atoms with E-state index in [9.17, 15) is 9.59 Å². The van der Waals surface area contributed by atoms with Gasteiger partial charge in [-0.05, 0) is 37.7 Å². The number of nitrogens with zero attached hydrogens (tertiary/aromatic N) is 1. The molecule has 0 bridgehead atoms. The predicted octanol–water partition coefficient (Wildman–Crippen LogP) is 1.89. The predicted molar refractivity (Wildman–Crippen MR) is 80.7 cm³/mol. The molecule has 2 heterocycles. The second-order valence-electron chi connectivity index (χ2n) is 6.03. The van der Waals surface area contributed by atoms with Gasteiger partial charge in [0.25, 0.3) is 0 Å². The Morgan fingerprint density at radius 1 is 1.19 bits per heavy atom. The Hall–Kier alpha value is -1.84. The molecule has 2 aliphatic rings. The van der Waals surface area contributed by atoms with E-state index in [1.807, 2.05) is 23.1 Å². The number of hydrogen-bond acceptors (Lipinski definition) is 2. The van der Waals surface area contributed by atoms with Gasteiger partial charge >= 0.3 is 0 Å². The summed E-state index contributed by atoms with van der Waals surface area (Å²) in [7, 11) is 0. The fourth-order valence-electron chi connectivity index (χ4n) is 3.39. The zero-order valence-electron chi connectivity index (χ0n) is 12.3. The molecule has 0 aliphatic carbocycles. The topological polar surface area (TPSA) is 49.4 Å². The Morgan fingerprint density at radius 3 is 2.71 bits per heavy atom. The zero-order valence-corrected chi connectivity index (χ0v) is 12.3. The van der Waals surface area contributed by atoms with Crippen molar-refractivity contribution >= 4 is 11.8 Å². The molecule has 0 unspecified atom stereocenters. The summed E-state index contributed by atoms with van der Waals surface area (Å²) in [6.07, 6.45) is 5.34. The third-order valence-corrected chi connectivity index (χ3v) is 4.52. The molecule has 112 valence electrons. The fourth-order valence-corrected chi connectivity index (χ4v) is 3.39. The minimum absolute atomic E-state index is 0.00460. The molecule has 2 aliphatic heterocycles. The first kappa shape index (κ1) is 14.1. The molecule has 0 aromatic heterocycles. The molecule has 2 fully saturated rings. The number of likely N-dealkylation sites (tertiary alicyclic amines) is 1. The summed E-state index contributed by atoms with van der Waals surface area (Å²) in [6.45, 7) is 0.822. The van der Waals surface area contributed by atoms with Crippen LogP contribution >= 0.6 is 0 Å². The van der Waals surface area contributed by atoms with Crippen molar-refractivity contribution in [2.24, 2.45) is 0 Å². The second kappa shape index (κ2) is 6.29. The molecule has 2 amide bonds. The highest BCUT2D eigenvalue weighted by molar-refractivity contribution is 5.91. The second-order valence-corrected chi connectivity index (χ2v) is 6.03. The quantitative estimate of drug-likeness (QED) is 0.922. The van der Waals surface area contributed by atoms with E-state index < -0.39 is 0 Å². The first-order valence-corrected chi connectivity index (χ1v) is 7.88. The molecule has 0 radical (unpaired) electrons. The Bertz CT molecular complexity index is 515. The number of carbonyl (C=O) groups is 2. The van der Waals surface area contributed by atoms with Gasteiger partial charge in [-0.25, -0.2) is 0 Å². The summed E-state index contributed by atoms with van der Waals surface area (Å²) in [5.41, 5.74) is 1.28. The summed E-state index contributed by atoms with van der Waals surface area (Å²) in [5.74, 6) is 0.117. The average Bonchev–Trinajstić information content (AvgIpc) is 2.95. The summed E-state index contributed by atoms with van der Waals surface area (Å²) < 4.78 is 0. The van der Waals surface area contributed by atoms with E-state index in [-0.39, 0.29) is 23.9 Å². The maximum Gasteiger partial charge on any atom is 0.245 e. The van der Waals surface area contributed by atoms with E-state index in [2.05, 4.69) is 17.4 Å². The maximum absolute atomic E-state index is 12.7. The molecule has 3 rings (SSSR count). The van der Waals surface area contributed by atoms with Crippen molar-refractivity contribution in [2.45, 2.75) is 50.6 Å². The van der Waals surface area contributed by atoms with Crippen LogP contribution in [0.5, 0.6) is 0 Å². The van der Waals surface area contributed by atoms with Crippen LogP contribution < -0.4 is 5.32 Å². The molecule has 2 saturated heterocycles. The Morgan fingerprint density at radius 2 is 2.00 bits per heavy atom. The van der Waals surface area contributed by atoms with Crippen LogP contribution in [0.1, 0.15) is 37.7 Å². The molecule has 1 aromatic carbocycles. The number of benzene rings is 1. The summed E-state index contributed by atoms with van der Waals surface area (Å²) in [6, 6.07) is 10.3. The number of rotatable bonds is 3. The van der Waals surface area contributed by atoms with Crippen LogP contribution in [0.4, 0.5) is 0 Å². The number of amides is 2. The molecule has 2 atom stereocenters. The highest BCUT2D eigenvalue weighted by Gasteiger charge is 2.34. The highest BCUT2D eigenvalue weighted by Crippen LogP contribution is 2.23. The van der Waals surface area contributed by atoms with E-state index in [0.29, 0.717) is 12.8 Å². The smallest absolute Gasteiger partial charge is 0.245 e. The minimum Gasteiger partial charge on any atom is -0.344 e. The fraction of sp³-hybridized carbons (Fsp3) is 0.529. The maximum atomic E-state index is 12.7. The van der Waals surface area contributed by atoms with Gasteiger partial charge in [0.05, 0.1) is 0 Å². The Kier molecular flexibility index (Phi) is 4.23. The lowest BCUT2D eigenvalue weighted by atomic mass is 9.94. The van der Waals surface area contributed by atoms with Gasteiger partial charge in [-0.3, -0.25) is 9.59 Å². The molecule has 21 heavy (non-hydrogen) atoms. The molecule has 0 spiro atoms. The van der Waals surface area contributed by atoms with Crippen LogP contribution in [-0.2, 0) is 16.0 Å². The van der Waals surface area contributed by atoms with Crippen LogP contribution in [0, 0.1) is 0 Å². The van der Waals surface area contributed by atoms with Gasteiger partial charge < -0.3 is 10.2 Å². The van der Waals surface area contributed by atoms with Crippen LogP contribution in [0.15, 0.2) is 30.3 Å². The first-order valence-electron chi connectivity index (χ1n) is 7.88. The Labute approximate surface area is 125 Å². The lowest BCUT2D eigenvalue weighted by Gasteiger charge is -2.37. The van der Waals surface area contributed by atoms with Gasteiger partial charge in [0.15, 0.2) is 0 Å². The largest absolute Gasteiger partial charge is 0.344 e. The van der Waals surface area contributed by atoms with Crippen LogP contribution in [0.3, 0.4) is 0 Å². The number of hydrogen-bond donors (Lipinski definition) is 1. The van der Waals surface area contributed by atoms with Gasteiger partial charge in [0.1, 0.15) is 6.04 Å². The van der Waals surface area contributed by atoms with E-state index >= 15 is 0 Å². The van der Waals surface area contributed by atoms with E-state index in [1.54, 1.807) is 0 Å². The van der Waals surface area contributed by atoms with Crippen LogP contribution in [0.25, 0.3) is 0 Å². The standard InChI is InChI=1S/C17H22N2O2/c20-16-10-9-15(18-16)17(21)19-11-5-4-8-14(19)12-13-6-2-1-3-7-13/h1-3,6-7,14-15H,4-5,8-12H2,(H,18,20)/t14-,15+/m0/s1. The van der Waals surface area contributed by atoms with Crippen molar-refractivity contribution in [3.63, 3.8) is 0 Å². The summed E-state index contributed by atoms with van der Waals surface area (Å²) in [4.78, 5) is 26.0. The van der Waals surface area contributed by atoms with Crippen molar-refractivity contribution in [2.75, 3.05) is 6.54 Å². The van der Waals surface area contributed by atoms with Crippen molar-refractivity contribution in [1.82, 2.24) is 10.2 Å². The number of carbonyl (C=O) groups excluding carboxylic acids is 2. The molecule has 4 nitrogen and oxygen atoms in total. The molecular weight excluding hydrogens is 264 g/mol. The first-order chi connectivity index (χ1) is 10.2. The van der Waals surface area contributed by atoms with Crippen LogP contribution in [0.2, 0.25) is 0 Å². The molecule has 4 heteroatoms. The lowest BCUT2D eigenvalue weighted by Crippen LogP contribution is -2.51. The third kappa shape index (κ3) is 3.26. The van der Waals surface area contributed by atoms with E-state index in [0.717, 1.165) is 25.8 Å². The van der Waals surface area contributed by atoms with Gasteiger partial charge in [-0.15, -0.1) is 0 Å². The molecule has 0 saturated carbocycles. The summed E-state index contributed by atoms with van der Waals surface area (Å²) in [5, 5.41) is 2.81. The molecule has 1 N–H and O–H groups in total. The van der Waals surface area contributed by atoms with Crippen molar-refractivity contribution in [1.29, 1.82) is 0 Å². The normalized spacial score (nSPS) is 25.7. The number of piperidine rings is 1. The minimum atomic E-state index is -0.297. The average molecular weight is 286 g/mol. The molecular formula is C17H22N2O2. The lowest BCUT2D eigenvalue weighted by molar-refractivity contribution is -0.137. The van der Waals surface area contributed by atoms with Crippen LogP contribution in [-0.4, -0.2) is 35.3 Å². The van der Waals surface area contributed by atoms with E-state index in [1.165, 1.54) is 12.0 Å². The zero-order chi connectivity index (χ0) is 14.7. The summed E-state index contributed by atoms with van der Waals surface area (Å²) >= 11 is 0. The van der Waals surface area contributed by atoms with Crippen molar-refractivity contribution in [3.8, 4) is 0 Å². The SMILES string of the molecule is O=C1CC[C@H](C(=O)N2CCCC[C@H]2Cc2ccccc2)N1. The Balaban J connectivity index is 1.69. The third-order valence-electron chi connectivity index (χ3n) is 4.52. The van der Waals surface area contributed by atoms with E-state index in [4.69, 9.17) is 0 Å². The molecule has 1 aromatic rings. The highest BCUT2D eigenvalue weighted by atomic mass is 16.2. The van der Waals surface area contributed by atoms with Gasteiger partial charge in [0.2, 0.25) is 11.8 Å². The monoisotopic (exact) mass is 286 g/mol. The van der Waals surface area contributed by atoms with Gasteiger partial charge in [-0.1, -0.05) is 30.3 Å². The van der Waals surface area contributed by atoms with Gasteiger partial charge in [-0.2, -0.15) is 0 Å².